The van der Waals surface area contributed by atoms with Crippen LogP contribution in [0.25, 0.3) is 0 Å². The predicted octanol–water partition coefficient (Wildman–Crippen LogP) is 8.95. The van der Waals surface area contributed by atoms with E-state index in [4.69, 9.17) is 0 Å². The van der Waals surface area contributed by atoms with E-state index in [1.54, 1.807) is 15.9 Å². The highest BCUT2D eigenvalue weighted by molar-refractivity contribution is 7.89. The molecule has 14 nitrogen and oxygen atoms in total. The van der Waals surface area contributed by atoms with Gasteiger partial charge in [0.2, 0.25) is 21.8 Å². The third-order valence-corrected chi connectivity index (χ3v) is 14.2. The van der Waals surface area contributed by atoms with Gasteiger partial charge in [-0.05, 0) is 117 Å². The first-order valence-electron chi connectivity index (χ1n) is 21.8. The number of nitrogens with one attached hydrogen (secondary N) is 3. The van der Waals surface area contributed by atoms with Crippen LogP contribution < -0.4 is 25.2 Å². The number of anilines is 4. The highest BCUT2D eigenvalue weighted by Gasteiger charge is 2.36. The molecule has 328 valence electrons. The first-order chi connectivity index (χ1) is 29.8. The van der Waals surface area contributed by atoms with Crippen LogP contribution in [0.3, 0.4) is 0 Å². The van der Waals surface area contributed by atoms with Gasteiger partial charge >= 0.3 is 6.03 Å². The Labute approximate surface area is 364 Å². The van der Waals surface area contributed by atoms with Crippen LogP contribution in [-0.4, -0.2) is 67.8 Å². The van der Waals surface area contributed by atoms with Gasteiger partial charge < -0.3 is 25.3 Å². The number of nitro benzene ring substituents is 1. The van der Waals surface area contributed by atoms with Gasteiger partial charge in [0.15, 0.2) is 4.90 Å². The van der Waals surface area contributed by atoms with Crippen LogP contribution in [0.4, 0.5) is 33.2 Å². The maximum Gasteiger partial charge on any atom is 0.321 e. The molecule has 3 N–H and O–H groups in total. The summed E-state index contributed by atoms with van der Waals surface area (Å²) < 4.78 is 29.5. The number of fused-ring (bicyclic) bond motifs is 2. The minimum absolute atomic E-state index is 0.000266. The molecule has 62 heavy (non-hydrogen) atoms. The third-order valence-electron chi connectivity index (χ3n) is 12.7. The van der Waals surface area contributed by atoms with Gasteiger partial charge in [0.25, 0.3) is 5.69 Å². The van der Waals surface area contributed by atoms with Crippen LogP contribution in [-0.2, 0) is 19.6 Å². The Balaban J connectivity index is 0.879. The average Bonchev–Trinajstić information content (AvgIpc) is 3.27. The monoisotopic (exact) mass is 863 g/mol. The molecule has 0 radical (unpaired) electrons. The molecule has 0 unspecified atom stereocenters. The molecule has 1 fully saturated rings. The van der Waals surface area contributed by atoms with Crippen molar-refractivity contribution >= 4 is 56.3 Å². The van der Waals surface area contributed by atoms with Crippen molar-refractivity contribution in [1.82, 2.24) is 9.62 Å². The van der Waals surface area contributed by atoms with E-state index >= 15 is 0 Å². The number of hydrogen-bond donors (Lipinski definition) is 3. The fourth-order valence-electron chi connectivity index (χ4n) is 9.45. The number of carbonyl (C=O) groups is 3. The summed E-state index contributed by atoms with van der Waals surface area (Å²) >= 11 is 0. The Bertz CT molecular complexity index is 2400. The maximum absolute atomic E-state index is 13.4. The molecular formula is C47H57N7O7S. The molecule has 3 aliphatic heterocycles. The Morgan fingerprint density at radius 3 is 1.98 bits per heavy atom. The van der Waals surface area contributed by atoms with Gasteiger partial charge in [0.1, 0.15) is 0 Å². The number of nitro groups is 1. The van der Waals surface area contributed by atoms with Gasteiger partial charge in [-0.25, -0.2) is 17.9 Å². The second-order valence-electron chi connectivity index (χ2n) is 16.7. The molecule has 1 saturated heterocycles. The third kappa shape index (κ3) is 9.48. The summed E-state index contributed by atoms with van der Waals surface area (Å²) in [5.74, 6) is 0.176. The zero-order valence-electron chi connectivity index (χ0n) is 35.9. The molecule has 4 amide bonds. The molecule has 4 aromatic rings. The van der Waals surface area contributed by atoms with Gasteiger partial charge in [0, 0.05) is 79.3 Å². The van der Waals surface area contributed by atoms with E-state index in [2.05, 4.69) is 28.3 Å². The molecule has 4 atom stereocenters. The van der Waals surface area contributed by atoms with Crippen molar-refractivity contribution in [2.45, 2.75) is 108 Å². The highest BCUT2D eigenvalue weighted by atomic mass is 32.2. The molecule has 3 heterocycles. The topological polar surface area (TPSA) is 174 Å². The Morgan fingerprint density at radius 2 is 1.35 bits per heavy atom. The summed E-state index contributed by atoms with van der Waals surface area (Å²) in [6.45, 7) is 9.02. The van der Waals surface area contributed by atoms with Crippen molar-refractivity contribution in [2.75, 3.05) is 40.1 Å². The van der Waals surface area contributed by atoms with Gasteiger partial charge in [-0.2, -0.15) is 0 Å². The number of sulfonamides is 1. The summed E-state index contributed by atoms with van der Waals surface area (Å²) in [6, 6.07) is 27.3. The number of nitrogens with zero attached hydrogens (tertiary/aromatic N) is 4. The van der Waals surface area contributed by atoms with E-state index in [1.165, 1.54) is 12.1 Å². The quantitative estimate of drug-likeness (QED) is 0.0679. The van der Waals surface area contributed by atoms with E-state index in [1.807, 2.05) is 92.4 Å². The SMILES string of the molecule is CCC(=O)N1c2ccccc2[C@@H](c2ccc(S(=O)(=O)NCCCC3CCN(C(=O)Nc4ccc(N[C@@H]5C[C@H](C)N(C(=O)CC)c6ccccc65)cc4)CC3)c([N+](=O)[O-])c2)C[C@@H]1C. The number of benzene rings is 4. The van der Waals surface area contributed by atoms with Gasteiger partial charge in [-0.3, -0.25) is 19.7 Å². The molecule has 0 aliphatic carbocycles. The molecule has 3 aliphatic rings. The lowest BCUT2D eigenvalue weighted by Gasteiger charge is -2.40. The zero-order chi connectivity index (χ0) is 44.1. The van der Waals surface area contributed by atoms with Crippen LogP contribution in [0.2, 0.25) is 0 Å². The Hall–Kier alpha value is -5.80. The van der Waals surface area contributed by atoms with Crippen molar-refractivity contribution in [2.24, 2.45) is 5.92 Å². The van der Waals surface area contributed by atoms with Crippen LogP contribution in [0, 0.1) is 16.0 Å². The highest BCUT2D eigenvalue weighted by Crippen LogP contribution is 2.44. The molecule has 15 heteroatoms. The van der Waals surface area contributed by atoms with Gasteiger partial charge in [-0.1, -0.05) is 56.3 Å². The number of rotatable bonds is 13. The van der Waals surface area contributed by atoms with Crippen molar-refractivity contribution in [3.05, 3.63) is 118 Å². The first-order valence-corrected chi connectivity index (χ1v) is 23.3. The Morgan fingerprint density at radius 1 is 0.774 bits per heavy atom. The standard InChI is InChI=1S/C47H57N7O7S/c1-5-45(55)52-31(3)28-39(37-13-7-9-15-41(37)52)34-17-22-44(43(30-34)54(58)59)62(60,61)48-25-11-12-33-23-26-51(27-24-33)47(57)50-36-20-18-35(19-21-36)49-40-29-32(4)53(46(56)6-2)42-16-10-8-14-38(40)42/h7-10,13-22,30-33,39-40,48-49H,5-6,11-12,23-29H2,1-4H3,(H,50,57)/t31-,32-,39+,40+/m0/s1. The summed E-state index contributed by atoms with van der Waals surface area (Å²) in [6.07, 6.45) is 4.98. The van der Waals surface area contributed by atoms with Crippen molar-refractivity contribution in [3.63, 3.8) is 0 Å². The lowest BCUT2D eigenvalue weighted by Crippen LogP contribution is -2.44. The first kappa shape index (κ1) is 44.3. The normalized spacial score (nSPS) is 20.2. The summed E-state index contributed by atoms with van der Waals surface area (Å²) in [7, 11) is -4.18. The number of likely N-dealkylation sites (tertiary alicyclic amines) is 1. The van der Waals surface area contributed by atoms with Gasteiger partial charge in [-0.15, -0.1) is 0 Å². The fraction of sp³-hybridized carbons (Fsp3) is 0.426. The summed E-state index contributed by atoms with van der Waals surface area (Å²) in [5, 5.41) is 18.9. The summed E-state index contributed by atoms with van der Waals surface area (Å²) in [5.41, 5.74) is 5.41. The second-order valence-corrected chi connectivity index (χ2v) is 18.5. The molecule has 0 aromatic heterocycles. The molecule has 7 rings (SSSR count). The van der Waals surface area contributed by atoms with E-state index in [0.29, 0.717) is 55.9 Å². The molecular weight excluding hydrogens is 807 g/mol. The largest absolute Gasteiger partial charge is 0.378 e. The van der Waals surface area contributed by atoms with E-state index in [0.717, 1.165) is 53.9 Å². The number of para-hydroxylation sites is 2. The fourth-order valence-corrected chi connectivity index (χ4v) is 10.7. The van der Waals surface area contributed by atoms with Crippen LogP contribution in [0.5, 0.6) is 0 Å². The van der Waals surface area contributed by atoms with Crippen molar-refractivity contribution in [1.29, 1.82) is 0 Å². The van der Waals surface area contributed by atoms with E-state index in [9.17, 15) is 32.9 Å². The Kier molecular flexibility index (Phi) is 13.6. The number of piperidine rings is 1. The van der Waals surface area contributed by atoms with E-state index < -0.39 is 20.6 Å². The van der Waals surface area contributed by atoms with E-state index in [-0.39, 0.29) is 53.3 Å². The number of carbonyl (C=O) groups excluding carboxylic acids is 3. The zero-order valence-corrected chi connectivity index (χ0v) is 36.7. The molecule has 0 bridgehead atoms. The number of amides is 4. The number of urea groups is 1. The molecule has 0 spiro atoms. The maximum atomic E-state index is 13.4. The van der Waals surface area contributed by atoms with Crippen molar-refractivity contribution < 1.29 is 27.7 Å². The molecule has 0 saturated carbocycles. The van der Waals surface area contributed by atoms with Crippen LogP contribution >= 0.6 is 0 Å². The number of hydrogen-bond acceptors (Lipinski definition) is 8. The summed E-state index contributed by atoms with van der Waals surface area (Å²) in [4.78, 5) is 55.5. The lowest BCUT2D eigenvalue weighted by atomic mass is 9.81. The predicted molar refractivity (Wildman–Crippen MR) is 242 cm³/mol. The second kappa shape index (κ2) is 19.1. The van der Waals surface area contributed by atoms with Crippen LogP contribution in [0.15, 0.2) is 95.9 Å². The van der Waals surface area contributed by atoms with Crippen LogP contribution in [0.1, 0.15) is 108 Å². The average molecular weight is 864 g/mol. The lowest BCUT2D eigenvalue weighted by molar-refractivity contribution is -0.387. The van der Waals surface area contributed by atoms with Gasteiger partial charge in [0.05, 0.1) is 11.0 Å². The smallest absolute Gasteiger partial charge is 0.321 e. The molecule has 4 aromatic carbocycles. The minimum Gasteiger partial charge on any atom is -0.378 e. The van der Waals surface area contributed by atoms with Crippen molar-refractivity contribution in [3.8, 4) is 0 Å². The minimum atomic E-state index is -4.18.